The third kappa shape index (κ3) is 3.12. The Kier molecular flexibility index (Phi) is 3.94. The second kappa shape index (κ2) is 4.77. The number of hydrogen-bond acceptors (Lipinski definition) is 2. The van der Waals surface area contributed by atoms with Gasteiger partial charge >= 0.3 is 0 Å². The van der Waals surface area contributed by atoms with E-state index in [0.29, 0.717) is 12.0 Å². The molecule has 1 unspecified atom stereocenters. The molecule has 0 N–H and O–H groups in total. The number of nitrogens with zero attached hydrogens (tertiary/aromatic N) is 1. The lowest BCUT2D eigenvalue weighted by Crippen LogP contribution is -2.28. The van der Waals surface area contributed by atoms with Crippen LogP contribution in [0.3, 0.4) is 0 Å². The van der Waals surface area contributed by atoms with Crippen molar-refractivity contribution >= 4 is 0 Å². The van der Waals surface area contributed by atoms with Crippen LogP contribution in [0.4, 0.5) is 0 Å². The molecular weight excluding hydrogens is 162 g/mol. The summed E-state index contributed by atoms with van der Waals surface area (Å²) in [5, 5.41) is 0. The Morgan fingerprint density at radius 1 is 1.54 bits per heavy atom. The fraction of sp³-hybridized carbons (Fsp3) is 0.818. The largest absolute Gasteiger partial charge is 0.380 e. The van der Waals surface area contributed by atoms with Gasteiger partial charge in [-0.15, -0.1) is 0 Å². The summed E-state index contributed by atoms with van der Waals surface area (Å²) in [6.07, 6.45) is 3.82. The van der Waals surface area contributed by atoms with Crippen molar-refractivity contribution < 1.29 is 4.74 Å². The van der Waals surface area contributed by atoms with Gasteiger partial charge in [-0.3, -0.25) is 0 Å². The lowest BCUT2D eigenvalue weighted by atomic mass is 9.97. The van der Waals surface area contributed by atoms with Gasteiger partial charge in [0.1, 0.15) is 0 Å². The molecule has 0 aromatic rings. The molecule has 0 spiro atoms. The summed E-state index contributed by atoms with van der Waals surface area (Å²) in [6, 6.07) is 0. The smallest absolute Gasteiger partial charge is 0.0735 e. The van der Waals surface area contributed by atoms with E-state index in [4.69, 9.17) is 4.74 Å². The monoisotopic (exact) mass is 183 g/mol. The minimum Gasteiger partial charge on any atom is -0.380 e. The normalized spacial score (nSPS) is 25.9. The van der Waals surface area contributed by atoms with Crippen LogP contribution in [0.15, 0.2) is 11.6 Å². The molecule has 0 aromatic heterocycles. The van der Waals surface area contributed by atoms with Gasteiger partial charge < -0.3 is 9.64 Å². The lowest BCUT2D eigenvalue weighted by Gasteiger charge is -2.19. The highest BCUT2D eigenvalue weighted by atomic mass is 16.5. The highest BCUT2D eigenvalue weighted by molar-refractivity contribution is 5.09. The molecular formula is C11H21NO. The summed E-state index contributed by atoms with van der Waals surface area (Å²) in [4.78, 5) is 2.31. The van der Waals surface area contributed by atoms with Crippen LogP contribution in [0.2, 0.25) is 0 Å². The van der Waals surface area contributed by atoms with Crippen molar-refractivity contribution in [2.24, 2.45) is 5.92 Å². The molecule has 0 amide bonds. The van der Waals surface area contributed by atoms with Gasteiger partial charge in [-0.1, -0.05) is 25.5 Å². The second-order valence-electron chi connectivity index (χ2n) is 4.22. The molecule has 0 radical (unpaired) electrons. The minimum atomic E-state index is 0.376. The van der Waals surface area contributed by atoms with Crippen LogP contribution >= 0.6 is 0 Å². The van der Waals surface area contributed by atoms with Gasteiger partial charge in [0.2, 0.25) is 0 Å². The molecule has 1 aliphatic rings. The van der Waals surface area contributed by atoms with E-state index in [1.807, 2.05) is 7.11 Å². The standard InChI is InChI=1S/C11H21NO/c1-9(2)10-5-6-12(3)8-11(7-10)13-4/h5,9,11H,6-8H2,1-4H3. The molecule has 0 aromatic carbocycles. The minimum absolute atomic E-state index is 0.376. The molecule has 2 nitrogen and oxygen atoms in total. The van der Waals surface area contributed by atoms with Crippen LogP contribution in [0.25, 0.3) is 0 Å². The Labute approximate surface area is 81.6 Å². The van der Waals surface area contributed by atoms with Crippen molar-refractivity contribution in [2.45, 2.75) is 26.4 Å². The van der Waals surface area contributed by atoms with Crippen LogP contribution in [-0.2, 0) is 4.74 Å². The van der Waals surface area contributed by atoms with Crippen molar-refractivity contribution in [1.82, 2.24) is 4.90 Å². The lowest BCUT2D eigenvalue weighted by molar-refractivity contribution is 0.0776. The molecule has 13 heavy (non-hydrogen) atoms. The zero-order valence-electron chi connectivity index (χ0n) is 9.21. The molecule has 1 aliphatic heterocycles. The summed E-state index contributed by atoms with van der Waals surface area (Å²) in [5.74, 6) is 0.657. The molecule has 0 aliphatic carbocycles. The third-order valence-electron chi connectivity index (χ3n) is 2.72. The summed E-state index contributed by atoms with van der Waals surface area (Å²) < 4.78 is 5.44. The molecule has 0 fully saturated rings. The van der Waals surface area contributed by atoms with Gasteiger partial charge in [0.25, 0.3) is 0 Å². The molecule has 76 valence electrons. The molecule has 0 saturated carbocycles. The number of ether oxygens (including phenoxy) is 1. The van der Waals surface area contributed by atoms with Gasteiger partial charge in [-0.2, -0.15) is 0 Å². The number of rotatable bonds is 2. The fourth-order valence-electron chi connectivity index (χ4n) is 1.74. The Hall–Kier alpha value is -0.340. The summed E-state index contributed by atoms with van der Waals surface area (Å²) in [5.41, 5.74) is 1.54. The second-order valence-corrected chi connectivity index (χ2v) is 4.22. The highest BCUT2D eigenvalue weighted by Gasteiger charge is 2.17. The topological polar surface area (TPSA) is 12.5 Å². The van der Waals surface area contributed by atoms with E-state index in [0.717, 1.165) is 19.5 Å². The first-order chi connectivity index (χ1) is 6.13. The van der Waals surface area contributed by atoms with Crippen LogP contribution in [0, 0.1) is 5.92 Å². The summed E-state index contributed by atoms with van der Waals surface area (Å²) in [6.45, 7) is 6.62. The average molecular weight is 183 g/mol. The third-order valence-corrected chi connectivity index (χ3v) is 2.72. The SMILES string of the molecule is COC1CC(C(C)C)=CCN(C)C1. The predicted octanol–water partition coefficient (Wildman–Crippen LogP) is 1.92. The maximum Gasteiger partial charge on any atom is 0.0735 e. The van der Waals surface area contributed by atoms with Crippen molar-refractivity contribution in [1.29, 1.82) is 0 Å². The first-order valence-electron chi connectivity index (χ1n) is 5.03. The number of hydrogen-bond donors (Lipinski definition) is 0. The van der Waals surface area contributed by atoms with E-state index in [1.165, 1.54) is 5.57 Å². The summed E-state index contributed by atoms with van der Waals surface area (Å²) >= 11 is 0. The predicted molar refractivity (Wildman–Crippen MR) is 55.8 cm³/mol. The van der Waals surface area contributed by atoms with E-state index in [1.54, 1.807) is 0 Å². The van der Waals surface area contributed by atoms with Crippen LogP contribution < -0.4 is 0 Å². The Morgan fingerprint density at radius 3 is 2.77 bits per heavy atom. The van der Waals surface area contributed by atoms with Gasteiger partial charge in [0.15, 0.2) is 0 Å². The van der Waals surface area contributed by atoms with Gasteiger partial charge in [-0.25, -0.2) is 0 Å². The molecule has 1 atom stereocenters. The molecule has 2 heteroatoms. The van der Waals surface area contributed by atoms with Crippen molar-refractivity contribution in [3.63, 3.8) is 0 Å². The van der Waals surface area contributed by atoms with Crippen LogP contribution in [-0.4, -0.2) is 38.3 Å². The zero-order valence-corrected chi connectivity index (χ0v) is 9.21. The quantitative estimate of drug-likeness (QED) is 0.606. The highest BCUT2D eigenvalue weighted by Crippen LogP contribution is 2.20. The van der Waals surface area contributed by atoms with E-state index >= 15 is 0 Å². The van der Waals surface area contributed by atoms with Gasteiger partial charge in [0.05, 0.1) is 6.10 Å². The zero-order chi connectivity index (χ0) is 9.84. The van der Waals surface area contributed by atoms with E-state index in [-0.39, 0.29) is 0 Å². The van der Waals surface area contributed by atoms with Crippen molar-refractivity contribution in [3.8, 4) is 0 Å². The van der Waals surface area contributed by atoms with E-state index in [9.17, 15) is 0 Å². The first-order valence-corrected chi connectivity index (χ1v) is 5.03. The van der Waals surface area contributed by atoms with Crippen LogP contribution in [0.5, 0.6) is 0 Å². The number of likely N-dealkylation sites (N-methyl/N-ethyl adjacent to an activating group) is 1. The van der Waals surface area contributed by atoms with E-state index < -0.39 is 0 Å². The summed E-state index contributed by atoms with van der Waals surface area (Å²) in [7, 11) is 3.95. The van der Waals surface area contributed by atoms with Crippen molar-refractivity contribution in [3.05, 3.63) is 11.6 Å². The molecule has 0 bridgehead atoms. The maximum absolute atomic E-state index is 5.44. The average Bonchev–Trinajstić information content (AvgIpc) is 2.26. The van der Waals surface area contributed by atoms with Crippen molar-refractivity contribution in [2.75, 3.05) is 27.2 Å². The molecule has 1 heterocycles. The van der Waals surface area contributed by atoms with Gasteiger partial charge in [-0.05, 0) is 19.4 Å². The number of methoxy groups -OCH3 is 1. The Balaban J connectivity index is 2.64. The van der Waals surface area contributed by atoms with Gasteiger partial charge in [0, 0.05) is 20.2 Å². The Bertz CT molecular complexity index is 187. The van der Waals surface area contributed by atoms with Crippen LogP contribution in [0.1, 0.15) is 20.3 Å². The van der Waals surface area contributed by atoms with E-state index in [2.05, 4.69) is 31.9 Å². The molecule has 0 saturated heterocycles. The molecule has 1 rings (SSSR count). The Morgan fingerprint density at radius 2 is 2.23 bits per heavy atom. The maximum atomic E-state index is 5.44. The fourth-order valence-corrected chi connectivity index (χ4v) is 1.74. The first kappa shape index (κ1) is 10.7.